The molecule has 3 N–H and O–H groups in total. The van der Waals surface area contributed by atoms with Crippen molar-refractivity contribution in [2.45, 2.75) is 64.5 Å². The summed E-state index contributed by atoms with van der Waals surface area (Å²) < 4.78 is 0. The molecule has 3 fully saturated rings. The zero-order valence-electron chi connectivity index (χ0n) is 16.8. The molecule has 4 rings (SSSR count). The summed E-state index contributed by atoms with van der Waals surface area (Å²) in [6.45, 7) is 4.68. The van der Waals surface area contributed by atoms with Crippen LogP contribution in [0.1, 0.15) is 49.7 Å². The van der Waals surface area contributed by atoms with Crippen LogP contribution in [0.15, 0.2) is 18.2 Å². The molecule has 5 nitrogen and oxygen atoms in total. The van der Waals surface area contributed by atoms with E-state index in [1.807, 2.05) is 26.0 Å². The minimum Gasteiger partial charge on any atom is -0.352 e. The monoisotopic (exact) mass is 405 g/mol. The van der Waals surface area contributed by atoms with Crippen molar-refractivity contribution in [1.82, 2.24) is 5.32 Å². The molecule has 28 heavy (non-hydrogen) atoms. The molecule has 1 aromatic carbocycles. The van der Waals surface area contributed by atoms with Gasteiger partial charge in [-0.3, -0.25) is 9.59 Å². The second-order valence-electron chi connectivity index (χ2n) is 8.89. The predicted octanol–water partition coefficient (Wildman–Crippen LogP) is 3.10. The lowest BCUT2D eigenvalue weighted by atomic mass is 9.67. The number of amides is 2. The smallest absolute Gasteiger partial charge is 0.239 e. The van der Waals surface area contributed by atoms with Gasteiger partial charge in [0.25, 0.3) is 0 Å². The number of carbonyl (C=O) groups is 2. The molecule has 3 unspecified atom stereocenters. The van der Waals surface area contributed by atoms with Crippen LogP contribution in [0.3, 0.4) is 0 Å². The maximum absolute atomic E-state index is 13.0. The fourth-order valence-electron chi connectivity index (χ4n) is 5.58. The molecular formula is C22H32ClN3O2. The van der Waals surface area contributed by atoms with Crippen LogP contribution >= 0.6 is 12.4 Å². The van der Waals surface area contributed by atoms with Crippen molar-refractivity contribution in [2.75, 3.05) is 11.4 Å². The molecule has 3 atom stereocenters. The van der Waals surface area contributed by atoms with Gasteiger partial charge in [0.15, 0.2) is 0 Å². The minimum absolute atomic E-state index is 0. The molecule has 154 valence electrons. The van der Waals surface area contributed by atoms with Crippen molar-refractivity contribution >= 4 is 29.9 Å². The first-order chi connectivity index (χ1) is 12.9. The number of halogens is 1. The third kappa shape index (κ3) is 4.06. The Hall–Kier alpha value is -1.59. The Labute approximate surface area is 173 Å². The summed E-state index contributed by atoms with van der Waals surface area (Å²) >= 11 is 0. The molecule has 2 aliphatic carbocycles. The van der Waals surface area contributed by atoms with Gasteiger partial charge in [0.2, 0.25) is 11.8 Å². The van der Waals surface area contributed by atoms with Crippen LogP contribution in [0.25, 0.3) is 0 Å². The molecule has 1 aromatic rings. The largest absolute Gasteiger partial charge is 0.352 e. The van der Waals surface area contributed by atoms with E-state index in [4.69, 9.17) is 5.73 Å². The molecule has 1 heterocycles. The lowest BCUT2D eigenvalue weighted by Crippen LogP contribution is -2.55. The fourth-order valence-corrected chi connectivity index (χ4v) is 5.58. The fraction of sp³-hybridized carbons (Fsp3) is 0.636. The summed E-state index contributed by atoms with van der Waals surface area (Å²) in [4.78, 5) is 27.7. The zero-order chi connectivity index (χ0) is 19.1. The number of hydrogen-bond donors (Lipinski definition) is 2. The molecule has 0 aromatic heterocycles. The highest BCUT2D eigenvalue weighted by molar-refractivity contribution is 6.09. The summed E-state index contributed by atoms with van der Waals surface area (Å²) in [6.07, 6.45) is 6.10. The number of aryl methyl sites for hydroxylation is 2. The van der Waals surface area contributed by atoms with Crippen molar-refractivity contribution in [3.63, 3.8) is 0 Å². The van der Waals surface area contributed by atoms with E-state index in [-0.39, 0.29) is 36.3 Å². The lowest BCUT2D eigenvalue weighted by molar-refractivity contribution is -0.133. The number of nitrogens with one attached hydrogen (secondary N) is 1. The number of rotatable bonds is 3. The first-order valence-electron chi connectivity index (χ1n) is 10.4. The highest BCUT2D eigenvalue weighted by Gasteiger charge is 2.43. The zero-order valence-corrected chi connectivity index (χ0v) is 17.6. The Morgan fingerprint density at radius 3 is 2.29 bits per heavy atom. The highest BCUT2D eigenvalue weighted by Crippen LogP contribution is 2.40. The molecule has 3 aliphatic rings. The maximum atomic E-state index is 13.0. The van der Waals surface area contributed by atoms with E-state index in [0.29, 0.717) is 24.8 Å². The van der Waals surface area contributed by atoms with Gasteiger partial charge in [-0.2, -0.15) is 0 Å². The van der Waals surface area contributed by atoms with Gasteiger partial charge in [0.05, 0.1) is 0 Å². The average molecular weight is 406 g/mol. The molecular weight excluding hydrogens is 374 g/mol. The van der Waals surface area contributed by atoms with Crippen molar-refractivity contribution in [1.29, 1.82) is 0 Å². The summed E-state index contributed by atoms with van der Waals surface area (Å²) in [7, 11) is 0. The third-order valence-corrected chi connectivity index (χ3v) is 6.73. The van der Waals surface area contributed by atoms with E-state index >= 15 is 0 Å². The van der Waals surface area contributed by atoms with Crippen molar-refractivity contribution in [3.8, 4) is 0 Å². The minimum atomic E-state index is -0.554. The maximum Gasteiger partial charge on any atom is 0.239 e. The van der Waals surface area contributed by atoms with Gasteiger partial charge in [-0.15, -0.1) is 12.4 Å². The Balaban J connectivity index is 0.00000225. The van der Waals surface area contributed by atoms with E-state index in [2.05, 4.69) is 11.4 Å². The first-order valence-corrected chi connectivity index (χ1v) is 10.4. The van der Waals surface area contributed by atoms with Gasteiger partial charge in [-0.05, 0) is 81.0 Å². The summed E-state index contributed by atoms with van der Waals surface area (Å²) in [6, 6.07) is 6.62. The molecule has 6 heteroatoms. The van der Waals surface area contributed by atoms with Gasteiger partial charge in [0.1, 0.15) is 5.92 Å². The van der Waals surface area contributed by atoms with Crippen molar-refractivity contribution in [3.05, 3.63) is 29.3 Å². The number of nitrogens with zero attached hydrogens (tertiary/aromatic N) is 1. The third-order valence-electron chi connectivity index (χ3n) is 6.73. The summed E-state index contributed by atoms with van der Waals surface area (Å²) in [5.74, 6) is 0.258. The topological polar surface area (TPSA) is 75.4 Å². The number of anilines is 1. The van der Waals surface area contributed by atoms with E-state index in [1.54, 1.807) is 4.90 Å². The lowest BCUT2D eigenvalue weighted by Gasteiger charge is -2.45. The highest BCUT2D eigenvalue weighted by atomic mass is 35.5. The van der Waals surface area contributed by atoms with E-state index in [1.165, 1.54) is 6.42 Å². The predicted molar refractivity (Wildman–Crippen MR) is 114 cm³/mol. The van der Waals surface area contributed by atoms with Crippen molar-refractivity contribution < 1.29 is 9.59 Å². The van der Waals surface area contributed by atoms with Crippen molar-refractivity contribution in [2.24, 2.45) is 23.5 Å². The molecule has 1 aliphatic heterocycles. The molecule has 0 radical (unpaired) electrons. The second kappa shape index (κ2) is 8.42. The standard InChI is InChI=1S/C22H31N3O2.ClH/c1-13-8-14(2)10-18(9-13)25-7-6-19(22(25)27)21(26)24-20-15-4-3-5-16(20)12-17(23)11-15;/h8-10,15-17,19-20H,3-7,11-12,23H2,1-2H3,(H,24,26);1H. The van der Waals surface area contributed by atoms with Crippen LogP contribution in [0.4, 0.5) is 5.69 Å². The van der Waals surface area contributed by atoms with Crippen LogP contribution in [0, 0.1) is 31.6 Å². The molecule has 2 saturated carbocycles. The first kappa shape index (κ1) is 21.1. The number of fused-ring (bicyclic) bond motifs is 2. The molecule has 1 saturated heterocycles. The molecule has 2 bridgehead atoms. The molecule has 2 amide bonds. The SMILES string of the molecule is Cc1cc(C)cc(N2CCC(C(=O)NC3C4CCCC3CC(N)C4)C2=O)c1.Cl. The van der Waals surface area contributed by atoms with Crippen LogP contribution in [-0.2, 0) is 9.59 Å². The Morgan fingerprint density at radius 1 is 1.07 bits per heavy atom. The van der Waals surface area contributed by atoms with Crippen LogP contribution in [-0.4, -0.2) is 30.4 Å². The van der Waals surface area contributed by atoms with Gasteiger partial charge in [-0.25, -0.2) is 0 Å². The number of carbonyl (C=O) groups excluding carboxylic acids is 2. The van der Waals surface area contributed by atoms with Crippen LogP contribution < -0.4 is 16.0 Å². The number of hydrogen-bond acceptors (Lipinski definition) is 3. The van der Waals surface area contributed by atoms with Gasteiger partial charge in [-0.1, -0.05) is 12.5 Å². The van der Waals surface area contributed by atoms with E-state index in [0.717, 1.165) is 42.5 Å². The van der Waals surface area contributed by atoms with E-state index in [9.17, 15) is 9.59 Å². The summed E-state index contributed by atoms with van der Waals surface area (Å²) in [5, 5.41) is 3.27. The Morgan fingerprint density at radius 2 is 1.68 bits per heavy atom. The van der Waals surface area contributed by atoms with Gasteiger partial charge in [0, 0.05) is 24.3 Å². The second-order valence-corrected chi connectivity index (χ2v) is 8.89. The number of benzene rings is 1. The molecule has 0 spiro atoms. The average Bonchev–Trinajstić information content (AvgIpc) is 2.96. The van der Waals surface area contributed by atoms with Crippen LogP contribution in [0.5, 0.6) is 0 Å². The van der Waals surface area contributed by atoms with Gasteiger partial charge >= 0.3 is 0 Å². The normalized spacial score (nSPS) is 32.0. The van der Waals surface area contributed by atoms with E-state index < -0.39 is 5.92 Å². The number of nitrogens with two attached hydrogens (primary N) is 1. The van der Waals surface area contributed by atoms with Crippen LogP contribution in [0.2, 0.25) is 0 Å². The Bertz CT molecular complexity index is 719. The quantitative estimate of drug-likeness (QED) is 0.758. The summed E-state index contributed by atoms with van der Waals surface area (Å²) in [5.41, 5.74) is 9.38. The van der Waals surface area contributed by atoms with Gasteiger partial charge < -0.3 is 16.0 Å². The Kier molecular flexibility index (Phi) is 6.35.